The molecule has 2 saturated carbocycles. The van der Waals surface area contributed by atoms with Crippen molar-refractivity contribution in [3.63, 3.8) is 0 Å². The summed E-state index contributed by atoms with van der Waals surface area (Å²) in [5.74, 6) is -4.37. The molecule has 0 bridgehead atoms. The normalized spacial score (nSPS) is 38.8. The average molecular weight is 289 g/mol. The van der Waals surface area contributed by atoms with E-state index in [1.54, 1.807) is 0 Å². The first-order valence-electron chi connectivity index (χ1n) is 6.09. The summed E-state index contributed by atoms with van der Waals surface area (Å²) < 4.78 is 26.0. The number of hydrogen-bond acceptors (Lipinski definition) is 4. The molecule has 8 heteroatoms. The van der Waals surface area contributed by atoms with E-state index in [0.29, 0.717) is 12.8 Å². The van der Waals surface area contributed by atoms with Gasteiger partial charge in [0.05, 0.1) is 0 Å². The molecule has 0 aromatic heterocycles. The first kappa shape index (κ1) is 12.8. The minimum atomic E-state index is -2.53. The minimum Gasteiger partial charge on any atom is -0.378 e. The van der Waals surface area contributed by atoms with Crippen LogP contribution in [-0.2, 0) is 9.59 Å². The SMILES string of the molecule is NC1=NC(=O)C(CC(=O)NC2CC3C(C2)C3(F)F)S1. The number of nitrogens with zero attached hydrogens (tertiary/aromatic N) is 1. The quantitative estimate of drug-likeness (QED) is 0.792. The largest absolute Gasteiger partial charge is 0.378 e. The van der Waals surface area contributed by atoms with Crippen molar-refractivity contribution in [2.75, 3.05) is 0 Å². The average Bonchev–Trinajstić information content (AvgIpc) is 2.70. The fourth-order valence-electron chi connectivity index (χ4n) is 2.92. The summed E-state index contributed by atoms with van der Waals surface area (Å²) in [6.07, 6.45) is 0.650. The van der Waals surface area contributed by atoms with Crippen LogP contribution < -0.4 is 11.1 Å². The van der Waals surface area contributed by atoms with Crippen LogP contribution in [0.2, 0.25) is 0 Å². The Balaban J connectivity index is 1.45. The molecule has 1 heterocycles. The van der Waals surface area contributed by atoms with Crippen molar-refractivity contribution in [2.24, 2.45) is 22.6 Å². The van der Waals surface area contributed by atoms with Crippen molar-refractivity contribution in [1.82, 2.24) is 5.32 Å². The molecule has 0 spiro atoms. The van der Waals surface area contributed by atoms with Crippen molar-refractivity contribution in [3.8, 4) is 0 Å². The van der Waals surface area contributed by atoms with Gasteiger partial charge in [-0.05, 0) is 12.8 Å². The zero-order chi connectivity index (χ0) is 13.8. The van der Waals surface area contributed by atoms with Gasteiger partial charge in [-0.15, -0.1) is 0 Å². The lowest BCUT2D eigenvalue weighted by Gasteiger charge is -2.16. The van der Waals surface area contributed by atoms with Gasteiger partial charge in [0.1, 0.15) is 5.25 Å². The number of halogens is 2. The van der Waals surface area contributed by atoms with Crippen LogP contribution in [0, 0.1) is 11.8 Å². The smallest absolute Gasteiger partial charge is 0.262 e. The Hall–Kier alpha value is -1.18. The van der Waals surface area contributed by atoms with Crippen LogP contribution in [0.5, 0.6) is 0 Å². The minimum absolute atomic E-state index is 0.00404. The number of rotatable bonds is 3. The predicted octanol–water partition coefficient (Wildman–Crippen LogP) is 0.493. The summed E-state index contributed by atoms with van der Waals surface area (Å²) in [5.41, 5.74) is 5.39. The predicted molar refractivity (Wildman–Crippen MR) is 65.7 cm³/mol. The van der Waals surface area contributed by atoms with E-state index >= 15 is 0 Å². The number of carbonyl (C=O) groups is 2. The van der Waals surface area contributed by atoms with E-state index in [1.165, 1.54) is 0 Å². The van der Waals surface area contributed by atoms with E-state index in [-0.39, 0.29) is 23.5 Å². The highest BCUT2D eigenvalue weighted by Gasteiger charge is 2.71. The topological polar surface area (TPSA) is 84.5 Å². The van der Waals surface area contributed by atoms with E-state index in [4.69, 9.17) is 5.73 Å². The molecule has 2 amide bonds. The standard InChI is InChI=1S/C11H13F2N3O2S/c12-11(13)5-1-4(2-6(5)11)15-8(17)3-7-9(18)16-10(14)19-7/h4-7H,1-3H2,(H,15,17)(H2,14,16,18). The molecule has 0 saturated heterocycles. The maximum absolute atomic E-state index is 13.0. The highest BCUT2D eigenvalue weighted by Crippen LogP contribution is 2.63. The summed E-state index contributed by atoms with van der Waals surface area (Å²) in [6, 6.07) is -0.193. The second-order valence-corrected chi connectivity index (χ2v) is 6.45. The van der Waals surface area contributed by atoms with Gasteiger partial charge in [-0.1, -0.05) is 11.8 Å². The Morgan fingerprint density at radius 2 is 2.11 bits per heavy atom. The molecule has 3 aliphatic rings. The number of carbonyl (C=O) groups excluding carboxylic acids is 2. The number of thioether (sulfide) groups is 1. The van der Waals surface area contributed by atoms with Crippen LogP contribution in [-0.4, -0.2) is 34.2 Å². The second kappa shape index (κ2) is 4.16. The fourth-order valence-corrected chi connectivity index (χ4v) is 3.74. The third-order valence-corrected chi connectivity index (χ3v) is 4.92. The molecular weight excluding hydrogens is 276 g/mol. The Morgan fingerprint density at radius 3 is 2.63 bits per heavy atom. The van der Waals surface area contributed by atoms with Crippen LogP contribution in [0.4, 0.5) is 8.78 Å². The first-order valence-corrected chi connectivity index (χ1v) is 6.97. The van der Waals surface area contributed by atoms with Gasteiger partial charge in [-0.2, -0.15) is 4.99 Å². The van der Waals surface area contributed by atoms with Crippen molar-refractivity contribution in [3.05, 3.63) is 0 Å². The number of hydrogen-bond donors (Lipinski definition) is 2. The van der Waals surface area contributed by atoms with E-state index in [9.17, 15) is 18.4 Å². The highest BCUT2D eigenvalue weighted by molar-refractivity contribution is 8.15. The van der Waals surface area contributed by atoms with Gasteiger partial charge in [0.15, 0.2) is 5.17 Å². The zero-order valence-corrected chi connectivity index (χ0v) is 10.8. The maximum Gasteiger partial charge on any atom is 0.262 e. The summed E-state index contributed by atoms with van der Waals surface area (Å²) in [7, 11) is 0. The van der Waals surface area contributed by atoms with Gasteiger partial charge in [-0.3, -0.25) is 9.59 Å². The molecule has 0 aromatic carbocycles. The van der Waals surface area contributed by atoms with Gasteiger partial charge in [0.2, 0.25) is 5.91 Å². The lowest BCUT2D eigenvalue weighted by atomic mass is 10.1. The summed E-state index contributed by atoms with van der Waals surface area (Å²) >= 11 is 1.07. The molecule has 3 rings (SSSR count). The molecule has 0 aromatic rings. The van der Waals surface area contributed by atoms with Crippen molar-refractivity contribution in [2.45, 2.75) is 36.5 Å². The van der Waals surface area contributed by atoms with E-state index in [2.05, 4.69) is 10.3 Å². The third-order valence-electron chi connectivity index (χ3n) is 3.94. The molecule has 3 N–H and O–H groups in total. The molecule has 5 nitrogen and oxygen atoms in total. The molecule has 1 aliphatic heterocycles. The van der Waals surface area contributed by atoms with Gasteiger partial charge in [0, 0.05) is 24.3 Å². The van der Waals surface area contributed by atoms with Gasteiger partial charge < -0.3 is 11.1 Å². The van der Waals surface area contributed by atoms with Gasteiger partial charge in [0.25, 0.3) is 11.8 Å². The van der Waals surface area contributed by atoms with Gasteiger partial charge >= 0.3 is 0 Å². The highest BCUT2D eigenvalue weighted by atomic mass is 32.2. The number of nitrogens with two attached hydrogens (primary N) is 1. The number of aliphatic imine (C=N–C) groups is 1. The Kier molecular flexibility index (Phi) is 2.81. The molecule has 2 aliphatic carbocycles. The van der Waals surface area contributed by atoms with Crippen LogP contribution in [0.25, 0.3) is 0 Å². The summed E-state index contributed by atoms with van der Waals surface area (Å²) in [6.45, 7) is 0. The molecule has 3 unspecified atom stereocenters. The molecule has 19 heavy (non-hydrogen) atoms. The Labute approximate surface area is 112 Å². The zero-order valence-electron chi connectivity index (χ0n) is 9.94. The lowest BCUT2D eigenvalue weighted by molar-refractivity contribution is -0.125. The first-order chi connectivity index (χ1) is 8.88. The van der Waals surface area contributed by atoms with E-state index < -0.39 is 28.9 Å². The monoisotopic (exact) mass is 289 g/mol. The fraction of sp³-hybridized carbons (Fsp3) is 0.727. The van der Waals surface area contributed by atoms with E-state index in [0.717, 1.165) is 11.8 Å². The molecular formula is C11H13F2N3O2S. The molecule has 2 fully saturated rings. The number of amidine groups is 1. The molecule has 104 valence electrons. The summed E-state index contributed by atoms with van der Waals surface area (Å²) in [5, 5.41) is 2.31. The van der Waals surface area contributed by atoms with Crippen molar-refractivity contribution in [1.29, 1.82) is 0 Å². The van der Waals surface area contributed by atoms with Crippen LogP contribution >= 0.6 is 11.8 Å². The number of nitrogens with one attached hydrogen (secondary N) is 1. The Morgan fingerprint density at radius 1 is 1.47 bits per heavy atom. The molecule has 0 radical (unpaired) electrons. The van der Waals surface area contributed by atoms with Crippen LogP contribution in [0.3, 0.4) is 0 Å². The van der Waals surface area contributed by atoms with Crippen molar-refractivity contribution < 1.29 is 18.4 Å². The van der Waals surface area contributed by atoms with Crippen LogP contribution in [0.15, 0.2) is 4.99 Å². The van der Waals surface area contributed by atoms with E-state index in [1.807, 2.05) is 0 Å². The third kappa shape index (κ3) is 2.22. The van der Waals surface area contributed by atoms with Gasteiger partial charge in [-0.25, -0.2) is 8.78 Å². The number of alkyl halides is 2. The van der Waals surface area contributed by atoms with Crippen molar-refractivity contribution >= 4 is 28.7 Å². The maximum atomic E-state index is 13.0. The number of fused-ring (bicyclic) bond motifs is 1. The Bertz CT molecular complexity index is 469. The number of amides is 2. The lowest BCUT2D eigenvalue weighted by Crippen LogP contribution is -2.37. The van der Waals surface area contributed by atoms with Crippen LogP contribution in [0.1, 0.15) is 19.3 Å². The second-order valence-electron chi connectivity index (χ2n) is 5.22. The summed E-state index contributed by atoms with van der Waals surface area (Å²) in [4.78, 5) is 26.6. The molecule has 3 atom stereocenters.